The van der Waals surface area contributed by atoms with Crippen molar-refractivity contribution in [2.45, 2.75) is 96.2 Å². The lowest BCUT2D eigenvalue weighted by Crippen LogP contribution is -2.53. The monoisotopic (exact) mass is 452 g/mol. The largest absolute Gasteiger partial charge is 0.379 e. The zero-order valence-electron chi connectivity index (χ0n) is 19.9. The Labute approximate surface area is 191 Å². The second-order valence-corrected chi connectivity index (χ2v) is 9.74. The summed E-state index contributed by atoms with van der Waals surface area (Å²) in [4.78, 5) is 39.1. The molecule has 2 heterocycles. The van der Waals surface area contributed by atoms with E-state index in [1.807, 2.05) is 27.7 Å². The van der Waals surface area contributed by atoms with Crippen LogP contribution in [0.15, 0.2) is 12.2 Å². The van der Waals surface area contributed by atoms with Gasteiger partial charge in [0.2, 0.25) is 5.91 Å². The molecule has 2 aliphatic heterocycles. The van der Waals surface area contributed by atoms with Gasteiger partial charge in [-0.05, 0) is 59.8 Å². The molecular weight excluding hydrogens is 412 g/mol. The quantitative estimate of drug-likeness (QED) is 0.280. The molecule has 3 amide bonds. The molecule has 182 valence electrons. The van der Waals surface area contributed by atoms with Crippen LogP contribution in [0.25, 0.3) is 0 Å². The molecule has 4 N–H and O–H groups in total. The summed E-state index contributed by atoms with van der Waals surface area (Å²) in [6.45, 7) is 9.31. The zero-order chi connectivity index (χ0) is 23.9. The molecule has 9 heteroatoms. The summed E-state index contributed by atoms with van der Waals surface area (Å²) in [6, 6.07) is -0.622. The molecule has 2 rings (SSSR count). The first-order valence-electron chi connectivity index (χ1n) is 11.7. The third-order valence-electron chi connectivity index (χ3n) is 5.94. The van der Waals surface area contributed by atoms with Gasteiger partial charge in [-0.1, -0.05) is 6.42 Å². The molecule has 9 nitrogen and oxygen atoms in total. The van der Waals surface area contributed by atoms with Crippen LogP contribution in [0.2, 0.25) is 0 Å². The van der Waals surface area contributed by atoms with E-state index >= 15 is 0 Å². The SMILES string of the molecule is CC(C)OCCC(C)(C)NC(=O)C1CC(N)CN1C(O)CCCCCN1C(=O)C=CC1=O. The van der Waals surface area contributed by atoms with Crippen molar-refractivity contribution in [1.82, 2.24) is 15.1 Å². The number of ether oxygens (including phenoxy) is 1. The number of hydrogen-bond donors (Lipinski definition) is 3. The number of carbonyl (C=O) groups excluding carboxylic acids is 3. The summed E-state index contributed by atoms with van der Waals surface area (Å²) in [7, 11) is 0. The number of likely N-dealkylation sites (tertiary alicyclic amines) is 1. The molecule has 0 aromatic rings. The van der Waals surface area contributed by atoms with Crippen molar-refractivity contribution >= 4 is 17.7 Å². The molecule has 0 saturated carbocycles. The molecule has 1 saturated heterocycles. The maximum atomic E-state index is 13.0. The Hall–Kier alpha value is -1.81. The number of hydrogen-bond acceptors (Lipinski definition) is 7. The van der Waals surface area contributed by atoms with E-state index in [9.17, 15) is 19.5 Å². The number of aliphatic hydroxyl groups excluding tert-OH is 1. The molecule has 1 fully saturated rings. The van der Waals surface area contributed by atoms with Crippen molar-refractivity contribution in [2.75, 3.05) is 19.7 Å². The van der Waals surface area contributed by atoms with E-state index in [1.54, 1.807) is 4.90 Å². The van der Waals surface area contributed by atoms with Gasteiger partial charge in [-0.2, -0.15) is 0 Å². The minimum atomic E-state index is -0.761. The van der Waals surface area contributed by atoms with E-state index in [1.165, 1.54) is 17.1 Å². The molecule has 0 aromatic heterocycles. The summed E-state index contributed by atoms with van der Waals surface area (Å²) in [5.74, 6) is -0.660. The van der Waals surface area contributed by atoms with Gasteiger partial charge in [0, 0.05) is 43.4 Å². The van der Waals surface area contributed by atoms with Gasteiger partial charge >= 0.3 is 0 Å². The standard InChI is InChI=1S/C23H40N4O5/c1-16(2)32-13-11-23(3,4)25-22(31)18-14-17(24)15-27(18)19(28)8-6-5-7-12-26-20(29)9-10-21(26)30/h9-10,16-19,28H,5-8,11-15,24H2,1-4H3,(H,25,31). The minimum absolute atomic E-state index is 0.120. The maximum Gasteiger partial charge on any atom is 0.253 e. The second kappa shape index (κ2) is 11.9. The summed E-state index contributed by atoms with van der Waals surface area (Å²) < 4.78 is 5.60. The maximum absolute atomic E-state index is 13.0. The van der Waals surface area contributed by atoms with Gasteiger partial charge in [-0.25, -0.2) is 0 Å². The Morgan fingerprint density at radius 2 is 1.91 bits per heavy atom. The number of nitrogens with two attached hydrogens (primary N) is 1. The number of rotatable bonds is 13. The van der Waals surface area contributed by atoms with E-state index in [-0.39, 0.29) is 29.9 Å². The highest BCUT2D eigenvalue weighted by atomic mass is 16.5. The lowest BCUT2D eigenvalue weighted by molar-refractivity contribution is -0.136. The van der Waals surface area contributed by atoms with Crippen molar-refractivity contribution in [3.8, 4) is 0 Å². The number of nitrogens with one attached hydrogen (secondary N) is 1. The number of carbonyl (C=O) groups is 3. The Bertz CT molecular complexity index is 676. The van der Waals surface area contributed by atoms with E-state index in [0.29, 0.717) is 45.4 Å². The molecule has 0 spiro atoms. The van der Waals surface area contributed by atoms with Crippen molar-refractivity contribution in [2.24, 2.45) is 5.73 Å². The lowest BCUT2D eigenvalue weighted by atomic mass is 10.00. The first kappa shape index (κ1) is 26.4. The van der Waals surface area contributed by atoms with E-state index < -0.39 is 17.8 Å². The van der Waals surface area contributed by atoms with Crippen LogP contribution < -0.4 is 11.1 Å². The Morgan fingerprint density at radius 3 is 2.53 bits per heavy atom. The fourth-order valence-electron chi connectivity index (χ4n) is 4.10. The average Bonchev–Trinajstić information content (AvgIpc) is 3.23. The Morgan fingerprint density at radius 1 is 1.25 bits per heavy atom. The number of nitrogens with zero attached hydrogens (tertiary/aromatic N) is 2. The van der Waals surface area contributed by atoms with Gasteiger partial charge in [0.15, 0.2) is 0 Å². The molecule has 0 bridgehead atoms. The van der Waals surface area contributed by atoms with Gasteiger partial charge in [-0.15, -0.1) is 0 Å². The summed E-state index contributed by atoms with van der Waals surface area (Å²) in [5.41, 5.74) is 5.69. The molecule has 2 aliphatic rings. The molecule has 3 unspecified atom stereocenters. The number of aliphatic hydroxyl groups is 1. The van der Waals surface area contributed by atoms with Crippen LogP contribution in [-0.4, -0.2) is 82.3 Å². The van der Waals surface area contributed by atoms with Crippen LogP contribution in [0.1, 0.15) is 66.2 Å². The van der Waals surface area contributed by atoms with E-state index in [2.05, 4.69) is 5.32 Å². The van der Waals surface area contributed by atoms with Crippen molar-refractivity contribution in [3.05, 3.63) is 12.2 Å². The van der Waals surface area contributed by atoms with Gasteiger partial charge in [0.05, 0.1) is 12.1 Å². The summed E-state index contributed by atoms with van der Waals surface area (Å²) >= 11 is 0. The topological polar surface area (TPSA) is 125 Å². The number of amides is 3. The summed E-state index contributed by atoms with van der Waals surface area (Å²) in [5, 5.41) is 13.8. The van der Waals surface area contributed by atoms with Crippen LogP contribution in [0.4, 0.5) is 0 Å². The van der Waals surface area contributed by atoms with E-state index in [4.69, 9.17) is 10.5 Å². The van der Waals surface area contributed by atoms with Gasteiger partial charge < -0.3 is 20.9 Å². The molecule has 32 heavy (non-hydrogen) atoms. The highest BCUT2D eigenvalue weighted by Gasteiger charge is 2.39. The van der Waals surface area contributed by atoms with Crippen LogP contribution in [0.5, 0.6) is 0 Å². The number of unbranched alkanes of at least 4 members (excludes halogenated alkanes) is 2. The van der Waals surface area contributed by atoms with Crippen molar-refractivity contribution in [1.29, 1.82) is 0 Å². The fourth-order valence-corrected chi connectivity index (χ4v) is 4.10. The highest BCUT2D eigenvalue weighted by molar-refractivity contribution is 6.12. The first-order chi connectivity index (χ1) is 15.0. The van der Waals surface area contributed by atoms with Crippen LogP contribution >= 0.6 is 0 Å². The van der Waals surface area contributed by atoms with Crippen molar-refractivity contribution in [3.63, 3.8) is 0 Å². The Balaban J connectivity index is 1.77. The predicted molar refractivity (Wildman–Crippen MR) is 121 cm³/mol. The highest BCUT2D eigenvalue weighted by Crippen LogP contribution is 2.23. The van der Waals surface area contributed by atoms with Gasteiger partial charge in [0.1, 0.15) is 6.23 Å². The normalized spacial score (nSPS) is 22.9. The smallest absolute Gasteiger partial charge is 0.253 e. The lowest BCUT2D eigenvalue weighted by Gasteiger charge is -2.33. The predicted octanol–water partition coefficient (Wildman–Crippen LogP) is 0.902. The molecule has 0 aromatic carbocycles. The molecular formula is C23H40N4O5. The third kappa shape index (κ3) is 7.95. The van der Waals surface area contributed by atoms with Crippen molar-refractivity contribution < 1.29 is 24.2 Å². The fraction of sp³-hybridized carbons (Fsp3) is 0.783. The van der Waals surface area contributed by atoms with Gasteiger partial charge in [0.25, 0.3) is 11.8 Å². The molecule has 0 aliphatic carbocycles. The average molecular weight is 453 g/mol. The molecule has 0 radical (unpaired) electrons. The van der Waals surface area contributed by atoms with Gasteiger partial charge in [-0.3, -0.25) is 24.2 Å². The summed E-state index contributed by atoms with van der Waals surface area (Å²) in [6.07, 6.45) is 5.83. The second-order valence-electron chi connectivity index (χ2n) is 9.74. The zero-order valence-corrected chi connectivity index (χ0v) is 19.9. The third-order valence-corrected chi connectivity index (χ3v) is 5.94. The van der Waals surface area contributed by atoms with Crippen LogP contribution in [0, 0.1) is 0 Å². The minimum Gasteiger partial charge on any atom is -0.379 e. The van der Waals surface area contributed by atoms with Crippen LogP contribution in [0.3, 0.4) is 0 Å². The Kier molecular flexibility index (Phi) is 9.82. The molecule has 3 atom stereocenters. The first-order valence-corrected chi connectivity index (χ1v) is 11.7. The number of imide groups is 1. The van der Waals surface area contributed by atoms with Crippen LogP contribution in [-0.2, 0) is 19.1 Å². The van der Waals surface area contributed by atoms with E-state index in [0.717, 1.165) is 12.8 Å².